The Morgan fingerprint density at radius 3 is 1.80 bits per heavy atom. The van der Waals surface area contributed by atoms with Crippen LogP contribution < -0.4 is 4.90 Å². The van der Waals surface area contributed by atoms with Crippen LogP contribution in [0.4, 0.5) is 17.1 Å². The van der Waals surface area contributed by atoms with Crippen LogP contribution in [0.3, 0.4) is 0 Å². The second-order valence-corrected chi connectivity index (χ2v) is 12.4. The van der Waals surface area contributed by atoms with E-state index < -0.39 is 0 Å². The molecule has 0 aliphatic heterocycles. The van der Waals surface area contributed by atoms with Crippen LogP contribution in [-0.4, -0.2) is 0 Å². The number of nitrogens with zero attached hydrogens (tertiary/aromatic N) is 1. The van der Waals surface area contributed by atoms with Crippen molar-refractivity contribution < 1.29 is 4.42 Å². The van der Waals surface area contributed by atoms with Crippen LogP contribution in [0, 0.1) is 0 Å². The van der Waals surface area contributed by atoms with Gasteiger partial charge in [-0.1, -0.05) is 109 Å². The van der Waals surface area contributed by atoms with Crippen molar-refractivity contribution in [3.63, 3.8) is 0 Å². The third-order valence-electron chi connectivity index (χ3n) is 8.69. The van der Waals surface area contributed by atoms with Gasteiger partial charge >= 0.3 is 0 Å². The summed E-state index contributed by atoms with van der Waals surface area (Å²) in [6.45, 7) is 0. The van der Waals surface area contributed by atoms with E-state index in [0.29, 0.717) is 0 Å². The molecule has 9 rings (SSSR count). The Kier molecular flexibility index (Phi) is 6.03. The first-order chi connectivity index (χ1) is 22.3. The molecule has 3 heteroatoms. The van der Waals surface area contributed by atoms with E-state index in [1.54, 1.807) is 0 Å². The number of para-hydroxylation sites is 1. The molecule has 0 fully saturated rings. The largest absolute Gasteiger partial charge is 0.456 e. The highest BCUT2D eigenvalue weighted by atomic mass is 32.1. The highest BCUT2D eigenvalue weighted by Gasteiger charge is 2.17. The summed E-state index contributed by atoms with van der Waals surface area (Å²) < 4.78 is 8.78. The lowest BCUT2D eigenvalue weighted by molar-refractivity contribution is 0.669. The van der Waals surface area contributed by atoms with Gasteiger partial charge in [-0.2, -0.15) is 0 Å². The van der Waals surface area contributed by atoms with Gasteiger partial charge in [0, 0.05) is 48.0 Å². The summed E-state index contributed by atoms with van der Waals surface area (Å²) in [5.74, 6) is 0. The fourth-order valence-corrected chi connectivity index (χ4v) is 7.68. The van der Waals surface area contributed by atoms with Gasteiger partial charge in [-0.05, 0) is 76.9 Å². The van der Waals surface area contributed by atoms with E-state index in [1.807, 2.05) is 23.5 Å². The maximum Gasteiger partial charge on any atom is 0.136 e. The fraction of sp³-hybridized carbons (Fsp3) is 0. The zero-order chi connectivity index (χ0) is 29.7. The molecule has 0 aliphatic carbocycles. The van der Waals surface area contributed by atoms with Gasteiger partial charge in [-0.25, -0.2) is 0 Å². The molecule has 0 radical (unpaired) electrons. The first-order valence-electron chi connectivity index (χ1n) is 15.2. The molecule has 0 bridgehead atoms. The monoisotopic (exact) mass is 593 g/mol. The Bertz CT molecular complexity index is 2470. The van der Waals surface area contributed by atoms with Gasteiger partial charge in [0.1, 0.15) is 11.2 Å². The highest BCUT2D eigenvalue weighted by molar-refractivity contribution is 7.25. The minimum Gasteiger partial charge on any atom is -0.456 e. The summed E-state index contributed by atoms with van der Waals surface area (Å²) in [6.07, 6.45) is 0. The van der Waals surface area contributed by atoms with Crippen LogP contribution >= 0.6 is 11.3 Å². The molecular formula is C42H27NOS. The average molecular weight is 594 g/mol. The zero-order valence-corrected chi connectivity index (χ0v) is 25.2. The predicted octanol–water partition coefficient (Wildman–Crippen LogP) is 12.8. The molecule has 2 nitrogen and oxygen atoms in total. The quantitative estimate of drug-likeness (QED) is 0.197. The lowest BCUT2D eigenvalue weighted by atomic mass is 9.99. The standard InChI is InChI=1S/C42H27NOS/c1-2-9-28(10-3-1)29-17-21-31(22-18-29)43(33-25-26-36-35-11-5-7-16-40(35)45-41(36)27-33)32-23-19-30(20-24-32)34-13-8-15-39-42(34)37-12-4-6-14-38(37)44-39/h1-27H. The predicted molar refractivity (Wildman–Crippen MR) is 192 cm³/mol. The molecule has 0 atom stereocenters. The van der Waals surface area contributed by atoms with Crippen LogP contribution in [0.2, 0.25) is 0 Å². The van der Waals surface area contributed by atoms with Crippen LogP contribution in [0.5, 0.6) is 0 Å². The number of thiophene rings is 1. The molecular weight excluding hydrogens is 567 g/mol. The molecule has 0 N–H and O–H groups in total. The molecule has 0 spiro atoms. The molecule has 0 amide bonds. The second kappa shape index (κ2) is 10.5. The Morgan fingerprint density at radius 2 is 1.00 bits per heavy atom. The smallest absolute Gasteiger partial charge is 0.136 e. The molecule has 2 heterocycles. The molecule has 45 heavy (non-hydrogen) atoms. The van der Waals surface area contributed by atoms with Crippen molar-refractivity contribution in [2.45, 2.75) is 0 Å². The van der Waals surface area contributed by atoms with Crippen molar-refractivity contribution in [2.24, 2.45) is 0 Å². The van der Waals surface area contributed by atoms with E-state index in [4.69, 9.17) is 4.42 Å². The number of benzene rings is 7. The van der Waals surface area contributed by atoms with Gasteiger partial charge < -0.3 is 9.32 Å². The minimum absolute atomic E-state index is 0.912. The average Bonchev–Trinajstić information content (AvgIpc) is 3.68. The Morgan fingerprint density at radius 1 is 0.400 bits per heavy atom. The highest BCUT2D eigenvalue weighted by Crippen LogP contribution is 2.42. The molecule has 0 saturated carbocycles. The fourth-order valence-electron chi connectivity index (χ4n) is 6.54. The number of furan rings is 1. The van der Waals surface area contributed by atoms with Crippen LogP contribution in [0.15, 0.2) is 168 Å². The molecule has 2 aromatic heterocycles. The van der Waals surface area contributed by atoms with Gasteiger partial charge in [0.15, 0.2) is 0 Å². The van der Waals surface area contributed by atoms with Gasteiger partial charge in [-0.15, -0.1) is 11.3 Å². The number of hydrogen-bond acceptors (Lipinski definition) is 3. The summed E-state index contributed by atoms with van der Waals surface area (Å²) in [6, 6.07) is 58.5. The molecule has 0 unspecified atom stereocenters. The molecule has 0 saturated heterocycles. The number of rotatable bonds is 5. The van der Waals surface area contributed by atoms with Crippen LogP contribution in [-0.2, 0) is 0 Å². The summed E-state index contributed by atoms with van der Waals surface area (Å²) in [5.41, 5.74) is 9.94. The Hall–Kier alpha value is -5.64. The third kappa shape index (κ3) is 4.40. The summed E-state index contributed by atoms with van der Waals surface area (Å²) in [7, 11) is 0. The van der Waals surface area contributed by atoms with Crippen molar-refractivity contribution in [3.05, 3.63) is 164 Å². The Labute approximate surface area is 265 Å². The van der Waals surface area contributed by atoms with E-state index >= 15 is 0 Å². The SMILES string of the molecule is c1ccc(-c2ccc(N(c3ccc(-c4cccc5oc6ccccc6c45)cc3)c3ccc4c(c3)sc3ccccc34)cc2)cc1. The van der Waals surface area contributed by atoms with Gasteiger partial charge in [0.05, 0.1) is 0 Å². The summed E-state index contributed by atoms with van der Waals surface area (Å²) >= 11 is 1.85. The van der Waals surface area contributed by atoms with Crippen LogP contribution in [0.1, 0.15) is 0 Å². The van der Waals surface area contributed by atoms with Crippen LogP contribution in [0.25, 0.3) is 64.4 Å². The third-order valence-corrected chi connectivity index (χ3v) is 9.83. The van der Waals surface area contributed by atoms with Crippen molar-refractivity contribution in [1.29, 1.82) is 0 Å². The van der Waals surface area contributed by atoms with E-state index in [9.17, 15) is 0 Å². The first-order valence-corrected chi connectivity index (χ1v) is 16.0. The van der Waals surface area contributed by atoms with E-state index in [0.717, 1.165) is 44.6 Å². The minimum atomic E-state index is 0.912. The van der Waals surface area contributed by atoms with E-state index in [1.165, 1.54) is 36.9 Å². The first kappa shape index (κ1) is 25.8. The number of anilines is 3. The van der Waals surface area contributed by atoms with Crippen molar-refractivity contribution in [3.8, 4) is 22.3 Å². The zero-order valence-electron chi connectivity index (χ0n) is 24.4. The van der Waals surface area contributed by atoms with Crippen molar-refractivity contribution in [1.82, 2.24) is 0 Å². The van der Waals surface area contributed by atoms with Gasteiger partial charge in [0.25, 0.3) is 0 Å². The molecule has 0 aliphatic rings. The molecule has 7 aromatic carbocycles. The van der Waals surface area contributed by atoms with Crippen molar-refractivity contribution in [2.75, 3.05) is 4.90 Å². The summed E-state index contributed by atoms with van der Waals surface area (Å²) in [4.78, 5) is 2.36. The summed E-state index contributed by atoms with van der Waals surface area (Å²) in [5, 5.41) is 4.91. The molecule has 9 aromatic rings. The maximum atomic E-state index is 6.18. The van der Waals surface area contributed by atoms with Gasteiger partial charge in [-0.3, -0.25) is 0 Å². The van der Waals surface area contributed by atoms with Gasteiger partial charge in [0.2, 0.25) is 0 Å². The van der Waals surface area contributed by atoms with E-state index in [-0.39, 0.29) is 0 Å². The maximum absolute atomic E-state index is 6.18. The lowest BCUT2D eigenvalue weighted by Crippen LogP contribution is -2.09. The number of fused-ring (bicyclic) bond motifs is 6. The van der Waals surface area contributed by atoms with E-state index in [2.05, 4.69) is 157 Å². The normalized spacial score (nSPS) is 11.6. The van der Waals surface area contributed by atoms with Crippen molar-refractivity contribution >= 4 is 70.5 Å². The Balaban J connectivity index is 1.17. The molecule has 212 valence electrons. The topological polar surface area (TPSA) is 16.4 Å². The lowest BCUT2D eigenvalue weighted by Gasteiger charge is -2.26. The number of hydrogen-bond donors (Lipinski definition) is 0. The second-order valence-electron chi connectivity index (χ2n) is 11.4.